The molecule has 1 fully saturated rings. The predicted octanol–water partition coefficient (Wildman–Crippen LogP) is 0.578. The van der Waals surface area contributed by atoms with Gasteiger partial charge in [-0.1, -0.05) is 12.2 Å². The van der Waals surface area contributed by atoms with Gasteiger partial charge in [0, 0.05) is 5.92 Å². The van der Waals surface area contributed by atoms with Crippen molar-refractivity contribution in [1.29, 1.82) is 0 Å². The summed E-state index contributed by atoms with van der Waals surface area (Å²) in [5.74, 6) is 0.744. The van der Waals surface area contributed by atoms with Crippen molar-refractivity contribution < 1.29 is 9.53 Å². The largest absolute Gasteiger partial charge is 0.497 e. The van der Waals surface area contributed by atoms with Crippen molar-refractivity contribution >= 4 is 5.91 Å². The van der Waals surface area contributed by atoms with E-state index in [1.807, 2.05) is 18.2 Å². The number of rotatable bonds is 1. The van der Waals surface area contributed by atoms with Gasteiger partial charge in [-0.15, -0.1) is 0 Å². The number of nitrogens with two attached hydrogens (primary N) is 1. The molecule has 0 aromatic heterocycles. The van der Waals surface area contributed by atoms with Crippen LogP contribution in [0.3, 0.4) is 0 Å². The van der Waals surface area contributed by atoms with Crippen molar-refractivity contribution in [2.75, 3.05) is 6.61 Å². The average molecular weight is 165 g/mol. The smallest absolute Gasteiger partial charge is 0.224 e. The number of hydrogen-bond donors (Lipinski definition) is 1. The van der Waals surface area contributed by atoms with Crippen LogP contribution in [-0.4, -0.2) is 12.5 Å². The third-order valence-corrected chi connectivity index (χ3v) is 2.43. The summed E-state index contributed by atoms with van der Waals surface area (Å²) >= 11 is 0. The van der Waals surface area contributed by atoms with Crippen LogP contribution in [0.15, 0.2) is 24.0 Å². The first kappa shape index (κ1) is 7.40. The van der Waals surface area contributed by atoms with Crippen LogP contribution in [-0.2, 0) is 9.53 Å². The highest BCUT2D eigenvalue weighted by Crippen LogP contribution is 2.35. The molecule has 1 heterocycles. The summed E-state index contributed by atoms with van der Waals surface area (Å²) in [5, 5.41) is 0. The number of hydrogen-bond acceptors (Lipinski definition) is 2. The van der Waals surface area contributed by atoms with Crippen molar-refractivity contribution in [1.82, 2.24) is 0 Å². The summed E-state index contributed by atoms with van der Waals surface area (Å²) in [4.78, 5) is 10.9. The molecule has 0 saturated carbocycles. The van der Waals surface area contributed by atoms with Crippen molar-refractivity contribution in [3.63, 3.8) is 0 Å². The van der Waals surface area contributed by atoms with Gasteiger partial charge in [0.05, 0.1) is 5.92 Å². The van der Waals surface area contributed by atoms with Gasteiger partial charge in [0.25, 0.3) is 0 Å². The first-order valence-electron chi connectivity index (χ1n) is 4.08. The predicted molar refractivity (Wildman–Crippen MR) is 44.0 cm³/mol. The van der Waals surface area contributed by atoms with Crippen LogP contribution in [0, 0.1) is 11.8 Å². The number of carbonyl (C=O) groups excluding carboxylic acids is 1. The normalized spacial score (nSPS) is 32.2. The Morgan fingerprint density at radius 3 is 3.25 bits per heavy atom. The monoisotopic (exact) mass is 165 g/mol. The molecule has 0 aromatic carbocycles. The highest BCUT2D eigenvalue weighted by atomic mass is 16.5. The summed E-state index contributed by atoms with van der Waals surface area (Å²) in [6.45, 7) is 0.452. The Labute approximate surface area is 70.9 Å². The van der Waals surface area contributed by atoms with Crippen LogP contribution in [0.2, 0.25) is 0 Å². The van der Waals surface area contributed by atoms with E-state index in [1.165, 1.54) is 0 Å². The SMILES string of the molecule is NC(=O)C1COC2=CC=CCC21. The number of primary amides is 1. The molecule has 64 valence electrons. The molecule has 1 saturated heterocycles. The quantitative estimate of drug-likeness (QED) is 0.617. The standard InChI is InChI=1S/C9H11NO2/c10-9(11)7-5-12-8-4-2-1-3-6(7)8/h1-2,4,6-7H,3,5H2,(H2,10,11). The maximum Gasteiger partial charge on any atom is 0.224 e. The Bertz CT molecular complexity index is 268. The van der Waals surface area contributed by atoms with Gasteiger partial charge in [-0.3, -0.25) is 4.79 Å². The molecule has 0 radical (unpaired) electrons. The Morgan fingerprint density at radius 2 is 2.50 bits per heavy atom. The second-order valence-corrected chi connectivity index (χ2v) is 3.16. The van der Waals surface area contributed by atoms with Crippen LogP contribution in [0.5, 0.6) is 0 Å². The van der Waals surface area contributed by atoms with Crippen LogP contribution < -0.4 is 5.73 Å². The van der Waals surface area contributed by atoms with E-state index in [1.54, 1.807) is 0 Å². The lowest BCUT2D eigenvalue weighted by atomic mass is 9.88. The Morgan fingerprint density at radius 1 is 1.67 bits per heavy atom. The zero-order valence-corrected chi connectivity index (χ0v) is 6.69. The summed E-state index contributed by atoms with van der Waals surface area (Å²) < 4.78 is 5.34. The van der Waals surface area contributed by atoms with Gasteiger partial charge in [0.2, 0.25) is 5.91 Å². The fourth-order valence-corrected chi connectivity index (χ4v) is 1.73. The molecule has 1 aliphatic carbocycles. The third-order valence-electron chi connectivity index (χ3n) is 2.43. The Balaban J connectivity index is 2.20. The molecule has 2 rings (SSSR count). The second-order valence-electron chi connectivity index (χ2n) is 3.16. The zero-order valence-electron chi connectivity index (χ0n) is 6.69. The van der Waals surface area contributed by atoms with E-state index < -0.39 is 0 Å². The minimum Gasteiger partial charge on any atom is -0.497 e. The van der Waals surface area contributed by atoms with E-state index in [9.17, 15) is 4.79 Å². The molecule has 3 heteroatoms. The maximum absolute atomic E-state index is 10.9. The minimum absolute atomic E-state index is 0.124. The fraction of sp³-hybridized carbons (Fsp3) is 0.444. The van der Waals surface area contributed by atoms with E-state index >= 15 is 0 Å². The fourth-order valence-electron chi connectivity index (χ4n) is 1.73. The van der Waals surface area contributed by atoms with Crippen molar-refractivity contribution in [3.8, 4) is 0 Å². The molecule has 1 amide bonds. The number of fused-ring (bicyclic) bond motifs is 1. The molecule has 2 unspecified atom stereocenters. The number of carbonyl (C=O) groups is 1. The van der Waals surface area contributed by atoms with Gasteiger partial charge in [0.1, 0.15) is 12.4 Å². The molecule has 12 heavy (non-hydrogen) atoms. The lowest BCUT2D eigenvalue weighted by Crippen LogP contribution is -2.28. The number of allylic oxidation sites excluding steroid dienone is 4. The Hall–Kier alpha value is -1.25. The molecule has 1 aliphatic heterocycles. The van der Waals surface area contributed by atoms with Crippen molar-refractivity contribution in [2.45, 2.75) is 6.42 Å². The van der Waals surface area contributed by atoms with Crippen molar-refractivity contribution in [2.24, 2.45) is 17.6 Å². The van der Waals surface area contributed by atoms with Crippen LogP contribution in [0.25, 0.3) is 0 Å². The maximum atomic E-state index is 10.9. The van der Waals surface area contributed by atoms with E-state index in [-0.39, 0.29) is 17.7 Å². The molecular weight excluding hydrogens is 154 g/mol. The molecule has 0 aromatic rings. The topological polar surface area (TPSA) is 52.3 Å². The molecule has 2 aliphatic rings. The first-order chi connectivity index (χ1) is 5.79. The third kappa shape index (κ3) is 1.02. The van der Waals surface area contributed by atoms with Gasteiger partial charge in [-0.2, -0.15) is 0 Å². The van der Waals surface area contributed by atoms with E-state index in [2.05, 4.69) is 0 Å². The molecule has 3 nitrogen and oxygen atoms in total. The molecule has 0 bridgehead atoms. The number of amides is 1. The molecule has 0 spiro atoms. The van der Waals surface area contributed by atoms with E-state index in [0.717, 1.165) is 12.2 Å². The lowest BCUT2D eigenvalue weighted by molar-refractivity contribution is -0.122. The zero-order chi connectivity index (χ0) is 8.55. The van der Waals surface area contributed by atoms with Crippen molar-refractivity contribution in [3.05, 3.63) is 24.0 Å². The van der Waals surface area contributed by atoms with Crippen LogP contribution in [0.4, 0.5) is 0 Å². The summed E-state index contributed by atoms with van der Waals surface area (Å²) in [6.07, 6.45) is 6.78. The minimum atomic E-state index is -0.251. The van der Waals surface area contributed by atoms with Gasteiger partial charge in [-0.25, -0.2) is 0 Å². The lowest BCUT2D eigenvalue weighted by Gasteiger charge is -2.14. The van der Waals surface area contributed by atoms with Crippen LogP contribution in [0.1, 0.15) is 6.42 Å². The average Bonchev–Trinajstić information content (AvgIpc) is 2.47. The van der Waals surface area contributed by atoms with Crippen LogP contribution >= 0.6 is 0 Å². The Kier molecular flexibility index (Phi) is 1.64. The highest BCUT2D eigenvalue weighted by Gasteiger charge is 2.36. The molecular formula is C9H11NO2. The number of ether oxygens (including phenoxy) is 1. The van der Waals surface area contributed by atoms with Gasteiger partial charge in [0.15, 0.2) is 0 Å². The van der Waals surface area contributed by atoms with Gasteiger partial charge in [-0.05, 0) is 12.5 Å². The summed E-state index contributed by atoms with van der Waals surface area (Å²) in [7, 11) is 0. The first-order valence-corrected chi connectivity index (χ1v) is 4.08. The van der Waals surface area contributed by atoms with Gasteiger partial charge < -0.3 is 10.5 Å². The summed E-state index contributed by atoms with van der Waals surface area (Å²) in [6, 6.07) is 0. The van der Waals surface area contributed by atoms with E-state index in [0.29, 0.717) is 6.61 Å². The van der Waals surface area contributed by atoms with E-state index in [4.69, 9.17) is 10.5 Å². The highest BCUT2D eigenvalue weighted by molar-refractivity contribution is 5.78. The molecule has 2 atom stereocenters. The molecule has 2 N–H and O–H groups in total. The second kappa shape index (κ2) is 2.66. The van der Waals surface area contributed by atoms with Gasteiger partial charge >= 0.3 is 0 Å². The summed E-state index contributed by atoms with van der Waals surface area (Å²) in [5.41, 5.74) is 5.23.